The van der Waals surface area contributed by atoms with E-state index in [4.69, 9.17) is 9.84 Å². The molecule has 0 radical (unpaired) electrons. The average Bonchev–Trinajstić information content (AvgIpc) is 2.78. The Morgan fingerprint density at radius 3 is 2.65 bits per heavy atom. The van der Waals surface area contributed by atoms with Gasteiger partial charge in [-0.1, -0.05) is 6.92 Å². The molecule has 1 heterocycles. The maximum Gasteiger partial charge on any atom is 0.303 e. The van der Waals surface area contributed by atoms with Crippen molar-refractivity contribution in [3.63, 3.8) is 0 Å². The van der Waals surface area contributed by atoms with Crippen molar-refractivity contribution in [3.05, 3.63) is 51.6 Å². The number of nitrogens with zero attached hydrogens (tertiary/aromatic N) is 5. The van der Waals surface area contributed by atoms with Gasteiger partial charge in [0.05, 0.1) is 17.6 Å². The van der Waals surface area contributed by atoms with Gasteiger partial charge in [-0.2, -0.15) is 5.26 Å². The first-order valence-corrected chi connectivity index (χ1v) is 10.9. The minimum atomic E-state index is -0.820. The van der Waals surface area contributed by atoms with E-state index in [2.05, 4.69) is 35.9 Å². The van der Waals surface area contributed by atoms with Crippen LogP contribution in [-0.2, 0) is 4.79 Å². The third kappa shape index (κ3) is 5.14. The number of fused-ring (bicyclic) bond motifs is 1. The van der Waals surface area contributed by atoms with Crippen molar-refractivity contribution in [2.75, 3.05) is 18.6 Å². The first kappa shape index (κ1) is 24.6. The van der Waals surface area contributed by atoms with E-state index >= 15 is 0 Å². The second-order valence-corrected chi connectivity index (χ2v) is 8.92. The number of benzene rings is 2. The molecule has 10 heteroatoms. The number of carboxylic acid groups (broad SMARTS) is 1. The van der Waals surface area contributed by atoms with Crippen LogP contribution in [0, 0.1) is 21.4 Å². The summed E-state index contributed by atoms with van der Waals surface area (Å²) < 4.78 is 5.57. The highest BCUT2D eigenvalue weighted by Gasteiger charge is 2.37. The van der Waals surface area contributed by atoms with Crippen LogP contribution < -0.4 is 9.64 Å². The van der Waals surface area contributed by atoms with E-state index in [9.17, 15) is 20.2 Å². The quantitative estimate of drug-likeness (QED) is 0.293. The molecule has 0 spiro atoms. The zero-order valence-corrected chi connectivity index (χ0v) is 19.6. The largest absolute Gasteiger partial charge is 0.494 e. The minimum Gasteiger partial charge on any atom is -0.494 e. The van der Waals surface area contributed by atoms with Crippen molar-refractivity contribution in [3.8, 4) is 11.8 Å². The third-order valence-electron chi connectivity index (χ3n) is 6.04. The molecule has 1 N–H and O–H groups in total. The van der Waals surface area contributed by atoms with Crippen LogP contribution in [-0.4, -0.2) is 35.2 Å². The number of nitro benzene ring substituents is 1. The standard InChI is InChI=1S/C24H27N5O5/c1-15-13-24(2,3)28(9-5-6-23(30)31)21-12-22(34-4)20(11-18(15)21)27-26-19-8-7-17(29(32)33)10-16(19)14-25/h7-8,10-12,15H,5-6,9,13H2,1-4H3,(H,30,31). The maximum absolute atomic E-state index is 11.0. The summed E-state index contributed by atoms with van der Waals surface area (Å²) in [6, 6.07) is 9.54. The third-order valence-corrected chi connectivity index (χ3v) is 6.04. The first-order valence-electron chi connectivity index (χ1n) is 10.9. The summed E-state index contributed by atoms with van der Waals surface area (Å²) in [6.45, 7) is 7.01. The fourth-order valence-electron chi connectivity index (χ4n) is 4.47. The molecule has 0 amide bonds. The van der Waals surface area contributed by atoms with E-state index in [1.807, 2.05) is 18.2 Å². The number of azo groups is 1. The summed E-state index contributed by atoms with van der Waals surface area (Å²) in [5.41, 5.74) is 2.40. The molecule has 10 nitrogen and oxygen atoms in total. The van der Waals surface area contributed by atoms with Crippen molar-refractivity contribution < 1.29 is 19.6 Å². The van der Waals surface area contributed by atoms with E-state index in [1.54, 1.807) is 0 Å². The molecule has 2 aromatic carbocycles. The van der Waals surface area contributed by atoms with Crippen LogP contribution in [0.5, 0.6) is 5.75 Å². The van der Waals surface area contributed by atoms with Crippen molar-refractivity contribution in [2.24, 2.45) is 10.2 Å². The van der Waals surface area contributed by atoms with Gasteiger partial charge in [0.25, 0.3) is 5.69 Å². The number of ether oxygens (including phenoxy) is 1. The SMILES string of the molecule is COc1cc2c(cc1N=Nc1ccc([N+](=O)[O-])cc1C#N)C(C)CC(C)(C)N2CCCC(=O)O. The molecule has 3 rings (SSSR count). The predicted molar refractivity (Wildman–Crippen MR) is 126 cm³/mol. The molecule has 1 aliphatic heterocycles. The molecule has 0 bridgehead atoms. The lowest BCUT2D eigenvalue weighted by atomic mass is 9.79. The highest BCUT2D eigenvalue weighted by Crippen LogP contribution is 2.48. The molecule has 1 atom stereocenters. The molecule has 34 heavy (non-hydrogen) atoms. The number of rotatable bonds is 8. The molecule has 0 fully saturated rings. The van der Waals surface area contributed by atoms with Crippen LogP contribution in [0.2, 0.25) is 0 Å². The van der Waals surface area contributed by atoms with Crippen molar-refractivity contribution in [1.82, 2.24) is 0 Å². The fraction of sp³-hybridized carbons (Fsp3) is 0.417. The zero-order valence-electron chi connectivity index (χ0n) is 19.6. The molecule has 178 valence electrons. The number of aliphatic carboxylic acids is 1. The second-order valence-electron chi connectivity index (χ2n) is 8.92. The number of hydrogen-bond acceptors (Lipinski definition) is 8. The van der Waals surface area contributed by atoms with Crippen molar-refractivity contribution >= 4 is 28.7 Å². The Hall–Kier alpha value is -4.00. The summed E-state index contributed by atoms with van der Waals surface area (Å²) >= 11 is 0. The Bertz CT molecular complexity index is 1190. The van der Waals surface area contributed by atoms with E-state index in [0.29, 0.717) is 24.4 Å². The monoisotopic (exact) mass is 465 g/mol. The Balaban J connectivity index is 2.01. The summed E-state index contributed by atoms with van der Waals surface area (Å²) in [5, 5.41) is 37.8. The van der Waals surface area contributed by atoms with E-state index in [1.165, 1.54) is 19.2 Å². The van der Waals surface area contributed by atoms with Gasteiger partial charge in [-0.05, 0) is 50.3 Å². The zero-order chi connectivity index (χ0) is 25.0. The van der Waals surface area contributed by atoms with Crippen LogP contribution in [0.3, 0.4) is 0 Å². The average molecular weight is 466 g/mol. The fourth-order valence-corrected chi connectivity index (χ4v) is 4.47. The number of carbonyl (C=O) groups is 1. The summed E-state index contributed by atoms with van der Waals surface area (Å²) in [7, 11) is 1.53. The van der Waals surface area contributed by atoms with Gasteiger partial charge < -0.3 is 14.7 Å². The Labute approximate surface area is 197 Å². The number of methoxy groups -OCH3 is 1. The van der Waals surface area contributed by atoms with Gasteiger partial charge in [-0.3, -0.25) is 14.9 Å². The molecule has 0 saturated heterocycles. The summed E-state index contributed by atoms with van der Waals surface area (Å²) in [4.78, 5) is 23.6. The number of non-ortho nitro benzene ring substituents is 1. The van der Waals surface area contributed by atoms with Crippen molar-refractivity contribution in [1.29, 1.82) is 5.26 Å². The normalized spacial score (nSPS) is 16.7. The highest BCUT2D eigenvalue weighted by molar-refractivity contribution is 5.70. The molecule has 0 aliphatic carbocycles. The van der Waals surface area contributed by atoms with E-state index in [-0.39, 0.29) is 34.8 Å². The smallest absolute Gasteiger partial charge is 0.303 e. The molecular weight excluding hydrogens is 438 g/mol. The lowest BCUT2D eigenvalue weighted by molar-refractivity contribution is -0.384. The molecule has 1 aliphatic rings. The topological polar surface area (TPSA) is 141 Å². The Kier molecular flexibility index (Phi) is 7.15. The summed E-state index contributed by atoms with van der Waals surface area (Å²) in [5.74, 6) is -0.120. The Morgan fingerprint density at radius 2 is 2.03 bits per heavy atom. The number of carboxylic acids is 1. The maximum atomic E-state index is 11.0. The van der Waals surface area contributed by atoms with Gasteiger partial charge in [0, 0.05) is 42.4 Å². The van der Waals surface area contributed by atoms with Crippen molar-refractivity contribution in [2.45, 2.75) is 51.5 Å². The molecule has 2 aromatic rings. The number of anilines is 1. The van der Waals surface area contributed by atoms with Gasteiger partial charge in [-0.25, -0.2) is 0 Å². The number of nitriles is 1. The second kappa shape index (κ2) is 9.87. The van der Waals surface area contributed by atoms with Gasteiger partial charge >= 0.3 is 5.97 Å². The van der Waals surface area contributed by atoms with Crippen LogP contribution >= 0.6 is 0 Å². The van der Waals surface area contributed by atoms with Crippen LogP contribution in [0.15, 0.2) is 40.6 Å². The minimum absolute atomic E-state index is 0.0506. The van der Waals surface area contributed by atoms with Gasteiger partial charge in [0.1, 0.15) is 23.2 Å². The van der Waals surface area contributed by atoms with Gasteiger partial charge in [0.15, 0.2) is 0 Å². The van der Waals surface area contributed by atoms with Crippen LogP contribution in [0.1, 0.15) is 57.1 Å². The molecular formula is C24H27N5O5. The van der Waals surface area contributed by atoms with Gasteiger partial charge in [0.2, 0.25) is 0 Å². The molecule has 0 aromatic heterocycles. The van der Waals surface area contributed by atoms with Crippen LogP contribution in [0.4, 0.5) is 22.7 Å². The lowest BCUT2D eigenvalue weighted by Crippen LogP contribution is -2.48. The predicted octanol–water partition coefficient (Wildman–Crippen LogP) is 5.85. The van der Waals surface area contributed by atoms with Crippen LogP contribution in [0.25, 0.3) is 0 Å². The highest BCUT2D eigenvalue weighted by atomic mass is 16.6. The Morgan fingerprint density at radius 1 is 1.32 bits per heavy atom. The molecule has 1 unspecified atom stereocenters. The van der Waals surface area contributed by atoms with E-state index in [0.717, 1.165) is 23.7 Å². The lowest BCUT2D eigenvalue weighted by Gasteiger charge is -2.47. The first-order chi connectivity index (χ1) is 16.1. The van der Waals surface area contributed by atoms with Gasteiger partial charge in [-0.15, -0.1) is 10.2 Å². The van der Waals surface area contributed by atoms with E-state index < -0.39 is 10.9 Å². The number of hydrogen-bond donors (Lipinski definition) is 1. The summed E-state index contributed by atoms with van der Waals surface area (Å²) in [6.07, 6.45) is 1.49. The molecule has 0 saturated carbocycles. The number of nitro groups is 1.